The Kier molecular flexibility index (Phi) is 5.75. The van der Waals surface area contributed by atoms with E-state index in [1.165, 1.54) is 5.56 Å². The van der Waals surface area contributed by atoms with E-state index in [9.17, 15) is 9.59 Å². The van der Waals surface area contributed by atoms with Gasteiger partial charge in [0.05, 0.1) is 0 Å². The summed E-state index contributed by atoms with van der Waals surface area (Å²) in [6, 6.07) is 5.82. The van der Waals surface area contributed by atoms with Crippen molar-refractivity contribution in [3.63, 3.8) is 0 Å². The molecule has 2 amide bonds. The maximum Gasteiger partial charge on any atom is 0.251 e. The standard InChI is InChI=1S/C16H23N3O2/c1-2-8-18-15(20)7-10-19-16(21)14-5-3-4-12-11-17-9-6-13(12)14/h3-5,17H,2,6-11H2,1H3,(H,18,20)(H,19,21). The topological polar surface area (TPSA) is 70.2 Å². The van der Waals surface area contributed by atoms with Crippen molar-refractivity contribution in [1.29, 1.82) is 0 Å². The Morgan fingerprint density at radius 2 is 2.10 bits per heavy atom. The molecule has 5 heteroatoms. The van der Waals surface area contributed by atoms with Gasteiger partial charge in [0.1, 0.15) is 0 Å². The van der Waals surface area contributed by atoms with Crippen LogP contribution in [0.4, 0.5) is 0 Å². The fourth-order valence-electron chi connectivity index (χ4n) is 2.48. The van der Waals surface area contributed by atoms with Gasteiger partial charge in [-0.2, -0.15) is 0 Å². The van der Waals surface area contributed by atoms with E-state index in [1.54, 1.807) is 0 Å². The first-order valence-electron chi connectivity index (χ1n) is 7.58. The van der Waals surface area contributed by atoms with E-state index in [2.05, 4.69) is 22.0 Å². The molecule has 0 saturated heterocycles. The van der Waals surface area contributed by atoms with Crippen LogP contribution < -0.4 is 16.0 Å². The van der Waals surface area contributed by atoms with E-state index in [1.807, 2.05) is 19.1 Å². The predicted molar refractivity (Wildman–Crippen MR) is 82.1 cm³/mol. The van der Waals surface area contributed by atoms with Gasteiger partial charge in [-0.3, -0.25) is 9.59 Å². The molecule has 0 bridgehead atoms. The van der Waals surface area contributed by atoms with Crippen molar-refractivity contribution in [3.05, 3.63) is 34.9 Å². The van der Waals surface area contributed by atoms with Crippen LogP contribution in [-0.2, 0) is 17.8 Å². The van der Waals surface area contributed by atoms with Gasteiger partial charge in [0, 0.05) is 31.6 Å². The number of fused-ring (bicyclic) bond motifs is 1. The lowest BCUT2D eigenvalue weighted by Crippen LogP contribution is -2.32. The van der Waals surface area contributed by atoms with Crippen LogP contribution in [0.2, 0.25) is 0 Å². The highest BCUT2D eigenvalue weighted by Gasteiger charge is 2.16. The number of hydrogen-bond acceptors (Lipinski definition) is 3. The van der Waals surface area contributed by atoms with Gasteiger partial charge < -0.3 is 16.0 Å². The molecule has 5 nitrogen and oxygen atoms in total. The molecular weight excluding hydrogens is 266 g/mol. The number of amides is 2. The molecule has 1 aliphatic rings. The first kappa shape index (κ1) is 15.5. The number of carbonyl (C=O) groups is 2. The first-order chi connectivity index (χ1) is 10.2. The van der Waals surface area contributed by atoms with E-state index in [0.717, 1.165) is 37.1 Å². The number of hydrogen-bond donors (Lipinski definition) is 3. The summed E-state index contributed by atoms with van der Waals surface area (Å²) in [4.78, 5) is 23.7. The molecule has 3 N–H and O–H groups in total. The van der Waals surface area contributed by atoms with E-state index < -0.39 is 0 Å². The van der Waals surface area contributed by atoms with Crippen molar-refractivity contribution in [2.45, 2.75) is 32.7 Å². The average molecular weight is 289 g/mol. The summed E-state index contributed by atoms with van der Waals surface area (Å²) in [5.74, 6) is -0.103. The molecule has 0 saturated carbocycles. The minimum absolute atomic E-state index is 0.0172. The molecule has 0 atom stereocenters. The molecule has 114 valence electrons. The lowest BCUT2D eigenvalue weighted by atomic mass is 9.95. The maximum atomic E-state index is 12.2. The smallest absolute Gasteiger partial charge is 0.251 e. The summed E-state index contributed by atoms with van der Waals surface area (Å²) >= 11 is 0. The van der Waals surface area contributed by atoms with Crippen LogP contribution in [-0.4, -0.2) is 31.4 Å². The highest BCUT2D eigenvalue weighted by molar-refractivity contribution is 5.96. The van der Waals surface area contributed by atoms with Gasteiger partial charge in [-0.1, -0.05) is 19.1 Å². The van der Waals surface area contributed by atoms with Gasteiger partial charge in [-0.25, -0.2) is 0 Å². The minimum atomic E-state index is -0.0861. The molecule has 21 heavy (non-hydrogen) atoms. The molecule has 1 aromatic rings. The maximum absolute atomic E-state index is 12.2. The highest BCUT2D eigenvalue weighted by Crippen LogP contribution is 2.18. The molecule has 0 aliphatic carbocycles. The van der Waals surface area contributed by atoms with Gasteiger partial charge in [0.2, 0.25) is 5.91 Å². The summed E-state index contributed by atoms with van der Waals surface area (Å²) in [5, 5.41) is 8.93. The minimum Gasteiger partial charge on any atom is -0.356 e. The lowest BCUT2D eigenvalue weighted by molar-refractivity contribution is -0.120. The quantitative estimate of drug-likeness (QED) is 0.731. The third-order valence-corrected chi connectivity index (χ3v) is 3.59. The molecule has 0 radical (unpaired) electrons. The van der Waals surface area contributed by atoms with Crippen molar-refractivity contribution in [2.24, 2.45) is 0 Å². The summed E-state index contributed by atoms with van der Waals surface area (Å²) in [7, 11) is 0. The molecule has 2 rings (SSSR count). The van der Waals surface area contributed by atoms with Gasteiger partial charge >= 0.3 is 0 Å². The van der Waals surface area contributed by atoms with Crippen molar-refractivity contribution < 1.29 is 9.59 Å². The van der Waals surface area contributed by atoms with Crippen molar-refractivity contribution >= 4 is 11.8 Å². The van der Waals surface area contributed by atoms with E-state index >= 15 is 0 Å². The number of benzene rings is 1. The zero-order chi connectivity index (χ0) is 15.1. The molecule has 1 aromatic carbocycles. The largest absolute Gasteiger partial charge is 0.356 e. The zero-order valence-corrected chi connectivity index (χ0v) is 12.5. The van der Waals surface area contributed by atoms with E-state index in [-0.39, 0.29) is 11.8 Å². The Labute approximate surface area is 125 Å². The molecule has 0 aromatic heterocycles. The SMILES string of the molecule is CCCNC(=O)CCNC(=O)c1cccc2c1CCNC2. The van der Waals surface area contributed by atoms with Crippen molar-refractivity contribution in [3.8, 4) is 0 Å². The second-order valence-corrected chi connectivity index (χ2v) is 5.23. The Hall–Kier alpha value is -1.88. The van der Waals surface area contributed by atoms with Crippen LogP contribution in [0.3, 0.4) is 0 Å². The Morgan fingerprint density at radius 3 is 2.90 bits per heavy atom. The molecule has 0 fully saturated rings. The van der Waals surface area contributed by atoms with Crippen LogP contribution in [0, 0.1) is 0 Å². The van der Waals surface area contributed by atoms with Gasteiger partial charge in [-0.15, -0.1) is 0 Å². The third-order valence-electron chi connectivity index (χ3n) is 3.59. The van der Waals surface area contributed by atoms with Crippen LogP contribution in [0.1, 0.15) is 41.3 Å². The fourth-order valence-corrected chi connectivity index (χ4v) is 2.48. The summed E-state index contributed by atoms with van der Waals surface area (Å²) in [6.07, 6.45) is 2.11. The lowest BCUT2D eigenvalue weighted by Gasteiger charge is -2.19. The second-order valence-electron chi connectivity index (χ2n) is 5.23. The highest BCUT2D eigenvalue weighted by atomic mass is 16.2. The normalized spacial score (nSPS) is 13.4. The predicted octanol–water partition coefficient (Wildman–Crippen LogP) is 0.978. The number of rotatable bonds is 6. The van der Waals surface area contributed by atoms with Crippen LogP contribution in [0.25, 0.3) is 0 Å². The van der Waals surface area contributed by atoms with Crippen LogP contribution >= 0.6 is 0 Å². The zero-order valence-electron chi connectivity index (χ0n) is 12.5. The fraction of sp³-hybridized carbons (Fsp3) is 0.500. The Morgan fingerprint density at radius 1 is 1.24 bits per heavy atom. The second kappa shape index (κ2) is 7.78. The Bertz CT molecular complexity index is 514. The van der Waals surface area contributed by atoms with E-state index in [0.29, 0.717) is 19.5 Å². The summed E-state index contributed by atoms with van der Waals surface area (Å²) < 4.78 is 0. The molecule has 0 spiro atoms. The summed E-state index contributed by atoms with van der Waals surface area (Å²) in [5.41, 5.74) is 3.06. The van der Waals surface area contributed by atoms with Crippen LogP contribution in [0.15, 0.2) is 18.2 Å². The third kappa shape index (κ3) is 4.29. The van der Waals surface area contributed by atoms with Crippen molar-refractivity contribution in [1.82, 2.24) is 16.0 Å². The molecular formula is C16H23N3O2. The van der Waals surface area contributed by atoms with E-state index in [4.69, 9.17) is 0 Å². The molecule has 1 heterocycles. The molecule has 1 aliphatic heterocycles. The Balaban J connectivity index is 1.88. The summed E-state index contributed by atoms with van der Waals surface area (Å²) in [6.45, 7) is 4.78. The van der Waals surface area contributed by atoms with Gasteiger partial charge in [-0.05, 0) is 36.6 Å². The van der Waals surface area contributed by atoms with Crippen molar-refractivity contribution in [2.75, 3.05) is 19.6 Å². The van der Waals surface area contributed by atoms with Crippen LogP contribution in [0.5, 0.6) is 0 Å². The first-order valence-corrected chi connectivity index (χ1v) is 7.58. The van der Waals surface area contributed by atoms with Gasteiger partial charge in [0.15, 0.2) is 0 Å². The van der Waals surface area contributed by atoms with Gasteiger partial charge in [0.25, 0.3) is 5.91 Å². The average Bonchev–Trinajstić information content (AvgIpc) is 2.52. The monoisotopic (exact) mass is 289 g/mol. The molecule has 0 unspecified atom stereocenters. The number of carbonyl (C=O) groups excluding carboxylic acids is 2. The number of nitrogens with one attached hydrogen (secondary N) is 3.